The zero-order valence-electron chi connectivity index (χ0n) is 18.7. The van der Waals surface area contributed by atoms with Crippen molar-refractivity contribution in [2.75, 3.05) is 0 Å². The number of aryl methyl sites for hydroxylation is 1. The van der Waals surface area contributed by atoms with Gasteiger partial charge in [-0.3, -0.25) is 5.10 Å². The van der Waals surface area contributed by atoms with Crippen molar-refractivity contribution in [3.8, 4) is 39.9 Å². The highest BCUT2D eigenvalue weighted by molar-refractivity contribution is 5.73. The number of benzene rings is 3. The molecule has 0 aliphatic rings. The first kappa shape index (κ1) is 21.3. The number of ether oxygens (including phenoxy) is 2. The third-order valence-corrected chi connectivity index (χ3v) is 5.46. The van der Waals surface area contributed by atoms with E-state index in [1.807, 2.05) is 60.8 Å². The number of rotatable bonds is 8. The molecule has 5 rings (SSSR count). The van der Waals surface area contributed by atoms with Crippen LogP contribution in [0.25, 0.3) is 16.9 Å². The summed E-state index contributed by atoms with van der Waals surface area (Å²) in [6, 6.07) is 22.9. The predicted molar refractivity (Wildman–Crippen MR) is 129 cm³/mol. The van der Waals surface area contributed by atoms with E-state index in [4.69, 9.17) is 9.47 Å². The molecule has 0 atom stereocenters. The lowest BCUT2D eigenvalue weighted by molar-refractivity contribution is 0.304. The second-order valence-corrected chi connectivity index (χ2v) is 7.81. The minimum Gasteiger partial charge on any atom is -0.507 e. The Morgan fingerprint density at radius 2 is 1.71 bits per heavy atom. The summed E-state index contributed by atoms with van der Waals surface area (Å²) in [5.41, 5.74) is 4.30. The molecule has 0 amide bonds. The van der Waals surface area contributed by atoms with Gasteiger partial charge in [-0.2, -0.15) is 10.2 Å². The molecule has 0 aliphatic carbocycles. The molecule has 0 aliphatic heterocycles. The van der Waals surface area contributed by atoms with E-state index >= 15 is 0 Å². The van der Waals surface area contributed by atoms with E-state index in [0.717, 1.165) is 17.7 Å². The summed E-state index contributed by atoms with van der Waals surface area (Å²) in [4.78, 5) is 0. The van der Waals surface area contributed by atoms with E-state index in [1.54, 1.807) is 35.3 Å². The van der Waals surface area contributed by atoms with E-state index in [0.29, 0.717) is 35.1 Å². The Morgan fingerprint density at radius 3 is 2.47 bits per heavy atom. The van der Waals surface area contributed by atoms with Crippen LogP contribution in [-0.2, 0) is 13.0 Å². The SMILES string of the molecule is CCc1ccc(Oc2cn[nH]c2-c2ccc(OCc3cnn(-c4ccccc4)c3)cc2O)cc1. The fourth-order valence-electron chi connectivity index (χ4n) is 3.60. The molecule has 0 fully saturated rings. The first-order chi connectivity index (χ1) is 16.7. The van der Waals surface area contributed by atoms with E-state index < -0.39 is 0 Å². The van der Waals surface area contributed by atoms with Crippen molar-refractivity contribution in [2.45, 2.75) is 20.0 Å². The number of phenolic OH excluding ortho intramolecular Hbond substituents is 1. The minimum absolute atomic E-state index is 0.0629. The highest BCUT2D eigenvalue weighted by Gasteiger charge is 2.15. The molecule has 0 saturated heterocycles. The van der Waals surface area contributed by atoms with E-state index in [1.165, 1.54) is 5.56 Å². The number of phenols is 1. The van der Waals surface area contributed by atoms with Gasteiger partial charge in [0.15, 0.2) is 5.75 Å². The van der Waals surface area contributed by atoms with Crippen LogP contribution in [0.1, 0.15) is 18.1 Å². The highest BCUT2D eigenvalue weighted by Crippen LogP contribution is 2.38. The summed E-state index contributed by atoms with van der Waals surface area (Å²) in [6.07, 6.45) is 6.25. The molecule has 0 unspecified atom stereocenters. The summed E-state index contributed by atoms with van der Waals surface area (Å²) in [7, 11) is 0. The van der Waals surface area contributed by atoms with Gasteiger partial charge in [0, 0.05) is 23.4 Å². The van der Waals surface area contributed by atoms with Gasteiger partial charge in [0.1, 0.15) is 29.5 Å². The maximum absolute atomic E-state index is 10.7. The smallest absolute Gasteiger partial charge is 0.173 e. The predicted octanol–water partition coefficient (Wildman–Crippen LogP) is 5.90. The van der Waals surface area contributed by atoms with Gasteiger partial charge in [-0.15, -0.1) is 0 Å². The lowest BCUT2D eigenvalue weighted by Gasteiger charge is -2.10. The largest absolute Gasteiger partial charge is 0.507 e. The van der Waals surface area contributed by atoms with E-state index in [2.05, 4.69) is 22.2 Å². The summed E-state index contributed by atoms with van der Waals surface area (Å²) in [6.45, 7) is 2.44. The Hall–Kier alpha value is -4.52. The number of aromatic hydroxyl groups is 1. The number of para-hydroxylation sites is 1. The number of aromatic nitrogens is 4. The quantitative estimate of drug-likeness (QED) is 0.306. The lowest BCUT2D eigenvalue weighted by Crippen LogP contribution is -1.95. The fourth-order valence-corrected chi connectivity index (χ4v) is 3.60. The maximum atomic E-state index is 10.7. The molecule has 0 spiro atoms. The molecule has 2 heterocycles. The Labute approximate surface area is 197 Å². The Bertz CT molecular complexity index is 1370. The third kappa shape index (κ3) is 4.63. The number of hydrogen-bond donors (Lipinski definition) is 2. The van der Waals surface area contributed by atoms with Crippen molar-refractivity contribution >= 4 is 0 Å². The lowest BCUT2D eigenvalue weighted by atomic mass is 10.1. The fraction of sp³-hybridized carbons (Fsp3) is 0.111. The van der Waals surface area contributed by atoms with Gasteiger partial charge in [-0.05, 0) is 48.4 Å². The Morgan fingerprint density at radius 1 is 0.912 bits per heavy atom. The molecule has 2 aromatic heterocycles. The summed E-state index contributed by atoms with van der Waals surface area (Å²) in [5.74, 6) is 1.84. The molecule has 34 heavy (non-hydrogen) atoms. The third-order valence-electron chi connectivity index (χ3n) is 5.46. The van der Waals surface area contributed by atoms with E-state index in [-0.39, 0.29) is 5.75 Å². The van der Waals surface area contributed by atoms with Gasteiger partial charge in [-0.25, -0.2) is 4.68 Å². The summed E-state index contributed by atoms with van der Waals surface area (Å²) in [5, 5.41) is 22.1. The van der Waals surface area contributed by atoms with Gasteiger partial charge in [-0.1, -0.05) is 37.3 Å². The van der Waals surface area contributed by atoms with Crippen LogP contribution in [0.2, 0.25) is 0 Å². The van der Waals surface area contributed by atoms with Crippen LogP contribution in [0.4, 0.5) is 0 Å². The maximum Gasteiger partial charge on any atom is 0.173 e. The summed E-state index contributed by atoms with van der Waals surface area (Å²) < 4.78 is 13.7. The molecule has 0 bridgehead atoms. The van der Waals surface area contributed by atoms with Crippen molar-refractivity contribution in [1.29, 1.82) is 0 Å². The second kappa shape index (κ2) is 9.54. The average Bonchev–Trinajstić information content (AvgIpc) is 3.54. The first-order valence-corrected chi connectivity index (χ1v) is 11.0. The van der Waals surface area contributed by atoms with Gasteiger partial charge in [0.2, 0.25) is 0 Å². The van der Waals surface area contributed by atoms with Crippen LogP contribution in [-0.4, -0.2) is 25.1 Å². The Kier molecular flexibility index (Phi) is 5.99. The summed E-state index contributed by atoms with van der Waals surface area (Å²) >= 11 is 0. The van der Waals surface area contributed by atoms with Gasteiger partial charge in [0.05, 0.1) is 18.1 Å². The average molecular weight is 453 g/mol. The van der Waals surface area contributed by atoms with Crippen LogP contribution in [0, 0.1) is 0 Å². The number of nitrogens with zero attached hydrogens (tertiary/aromatic N) is 3. The first-order valence-electron chi connectivity index (χ1n) is 11.0. The van der Waals surface area contributed by atoms with Crippen molar-refractivity contribution in [1.82, 2.24) is 20.0 Å². The van der Waals surface area contributed by atoms with Gasteiger partial charge < -0.3 is 14.6 Å². The minimum atomic E-state index is 0.0629. The zero-order valence-corrected chi connectivity index (χ0v) is 18.7. The van der Waals surface area contributed by atoms with Crippen LogP contribution in [0.3, 0.4) is 0 Å². The molecule has 2 N–H and O–H groups in total. The molecule has 7 heteroatoms. The number of nitrogens with one attached hydrogen (secondary N) is 1. The number of hydrogen-bond acceptors (Lipinski definition) is 5. The molecular formula is C27H24N4O3. The molecule has 0 radical (unpaired) electrons. The van der Waals surface area contributed by atoms with Crippen molar-refractivity contribution in [2.24, 2.45) is 0 Å². The molecule has 5 aromatic rings. The normalized spacial score (nSPS) is 10.9. The zero-order chi connectivity index (χ0) is 23.3. The molecule has 170 valence electrons. The van der Waals surface area contributed by atoms with Crippen LogP contribution in [0.5, 0.6) is 23.0 Å². The van der Waals surface area contributed by atoms with Crippen molar-refractivity contribution < 1.29 is 14.6 Å². The molecule has 7 nitrogen and oxygen atoms in total. The molecular weight excluding hydrogens is 428 g/mol. The topological polar surface area (TPSA) is 85.2 Å². The standard InChI is InChI=1S/C27H24N4O3/c1-2-19-8-10-22(11-9-19)34-26-16-28-30-27(26)24-13-12-23(14-25(24)32)33-18-20-15-29-31(17-20)21-6-4-3-5-7-21/h3-17,32H,2,18H2,1H3,(H,28,30). The van der Waals surface area contributed by atoms with Crippen LogP contribution < -0.4 is 9.47 Å². The number of H-pyrrole nitrogens is 1. The monoisotopic (exact) mass is 452 g/mol. The highest BCUT2D eigenvalue weighted by atomic mass is 16.5. The molecule has 0 saturated carbocycles. The Balaban J connectivity index is 1.27. The van der Waals surface area contributed by atoms with Crippen LogP contribution >= 0.6 is 0 Å². The van der Waals surface area contributed by atoms with E-state index in [9.17, 15) is 5.11 Å². The van der Waals surface area contributed by atoms with Crippen molar-refractivity contribution in [3.05, 3.63) is 103 Å². The van der Waals surface area contributed by atoms with Gasteiger partial charge in [0.25, 0.3) is 0 Å². The number of aromatic amines is 1. The molecule has 3 aromatic carbocycles. The second-order valence-electron chi connectivity index (χ2n) is 7.81. The van der Waals surface area contributed by atoms with Crippen LogP contribution in [0.15, 0.2) is 91.4 Å². The van der Waals surface area contributed by atoms with Gasteiger partial charge >= 0.3 is 0 Å². The van der Waals surface area contributed by atoms with Crippen molar-refractivity contribution in [3.63, 3.8) is 0 Å².